The molecule has 4 rings (SSSR count). The highest BCUT2D eigenvalue weighted by Gasteiger charge is 2.35. The van der Waals surface area contributed by atoms with E-state index in [2.05, 4.69) is 10.00 Å². The van der Waals surface area contributed by atoms with Gasteiger partial charge in [0, 0.05) is 31.7 Å². The summed E-state index contributed by atoms with van der Waals surface area (Å²) >= 11 is 1.34. The molecule has 1 saturated heterocycles. The maximum absolute atomic E-state index is 13.2. The number of alkyl halides is 3. The van der Waals surface area contributed by atoms with E-state index in [1.54, 1.807) is 46.7 Å². The Morgan fingerprint density at radius 2 is 1.76 bits per heavy atom. The molecule has 0 atom stereocenters. The van der Waals surface area contributed by atoms with E-state index in [1.165, 1.54) is 16.0 Å². The molecule has 2 aromatic heterocycles. The lowest BCUT2D eigenvalue weighted by atomic mass is 10.1. The first kappa shape index (κ1) is 19.7. The van der Waals surface area contributed by atoms with E-state index in [0.29, 0.717) is 34.9 Å². The maximum atomic E-state index is 13.2. The molecule has 3 aromatic rings. The van der Waals surface area contributed by atoms with Crippen LogP contribution < -0.4 is 0 Å². The Kier molecular flexibility index (Phi) is 5.18. The lowest BCUT2D eigenvalue weighted by Gasteiger charge is -2.32. The first-order chi connectivity index (χ1) is 13.8. The first-order valence-electron chi connectivity index (χ1n) is 9.12. The van der Waals surface area contributed by atoms with Crippen molar-refractivity contribution in [2.24, 2.45) is 0 Å². The predicted octanol–water partition coefficient (Wildman–Crippen LogP) is 4.01. The highest BCUT2D eigenvalue weighted by Crippen LogP contribution is 2.34. The second kappa shape index (κ2) is 7.64. The number of thiophene rings is 1. The number of carbonyl (C=O) groups excluding carboxylic acids is 1. The molecule has 1 aliphatic heterocycles. The molecule has 1 aromatic carbocycles. The Morgan fingerprint density at radius 1 is 1.07 bits per heavy atom. The number of likely N-dealkylation sites (N-methyl/N-ethyl adjacent to an activating group) is 1. The number of carbonyl (C=O) groups is 1. The lowest BCUT2D eigenvalue weighted by Crippen LogP contribution is -2.47. The van der Waals surface area contributed by atoms with Crippen molar-refractivity contribution in [3.05, 3.63) is 59.1 Å². The summed E-state index contributed by atoms with van der Waals surface area (Å²) in [6.45, 7) is 2.96. The molecule has 152 valence electrons. The van der Waals surface area contributed by atoms with Crippen LogP contribution in [0.5, 0.6) is 0 Å². The summed E-state index contributed by atoms with van der Waals surface area (Å²) in [5, 5.41) is 5.58. The summed E-state index contributed by atoms with van der Waals surface area (Å²) in [4.78, 5) is 17.3. The molecule has 0 aliphatic carbocycles. The van der Waals surface area contributed by atoms with Gasteiger partial charge in [-0.2, -0.15) is 18.3 Å². The molecule has 9 heteroatoms. The van der Waals surface area contributed by atoms with Crippen LogP contribution in [-0.2, 0) is 6.18 Å². The quantitative estimate of drug-likeness (QED) is 0.643. The van der Waals surface area contributed by atoms with Gasteiger partial charge < -0.3 is 9.80 Å². The zero-order valence-corrected chi connectivity index (χ0v) is 16.5. The minimum absolute atomic E-state index is 0.0698. The van der Waals surface area contributed by atoms with Crippen LogP contribution in [-0.4, -0.2) is 58.7 Å². The third-order valence-corrected chi connectivity index (χ3v) is 5.82. The highest BCUT2D eigenvalue weighted by molar-refractivity contribution is 7.13. The van der Waals surface area contributed by atoms with Gasteiger partial charge in [-0.05, 0) is 48.8 Å². The van der Waals surface area contributed by atoms with Gasteiger partial charge >= 0.3 is 6.18 Å². The van der Waals surface area contributed by atoms with Crippen LogP contribution >= 0.6 is 11.3 Å². The van der Waals surface area contributed by atoms with E-state index in [0.717, 1.165) is 19.2 Å². The Balaban J connectivity index is 1.64. The summed E-state index contributed by atoms with van der Waals surface area (Å²) in [6.07, 6.45) is -4.53. The van der Waals surface area contributed by atoms with Crippen molar-refractivity contribution in [1.82, 2.24) is 19.6 Å². The second-order valence-corrected chi connectivity index (χ2v) is 7.89. The smallest absolute Gasteiger partial charge is 0.336 e. The van der Waals surface area contributed by atoms with Crippen molar-refractivity contribution in [3.8, 4) is 16.3 Å². The molecule has 1 aliphatic rings. The molecule has 1 fully saturated rings. The average molecular weight is 420 g/mol. The second-order valence-electron chi connectivity index (χ2n) is 6.94. The van der Waals surface area contributed by atoms with Gasteiger partial charge in [-0.15, -0.1) is 11.3 Å². The lowest BCUT2D eigenvalue weighted by molar-refractivity contribution is -0.141. The standard InChI is InChI=1S/C20H19F3N4OS/c1-25-8-10-26(11-9-25)19(28)14-4-6-15(7-5-14)27-16(17-3-2-12-29-17)13-18(24-27)20(21,22)23/h2-7,12-13H,8-11H2,1H3. The largest absolute Gasteiger partial charge is 0.435 e. The van der Waals surface area contributed by atoms with Crippen LogP contribution in [0, 0.1) is 0 Å². The summed E-state index contributed by atoms with van der Waals surface area (Å²) in [5.41, 5.74) is 0.405. The van der Waals surface area contributed by atoms with E-state index in [-0.39, 0.29) is 5.91 Å². The molecule has 0 N–H and O–H groups in total. The molecule has 0 unspecified atom stereocenters. The number of benzene rings is 1. The predicted molar refractivity (Wildman–Crippen MR) is 105 cm³/mol. The van der Waals surface area contributed by atoms with Crippen molar-refractivity contribution < 1.29 is 18.0 Å². The summed E-state index contributed by atoms with van der Waals surface area (Å²) < 4.78 is 40.9. The maximum Gasteiger partial charge on any atom is 0.435 e. The fourth-order valence-electron chi connectivity index (χ4n) is 3.25. The summed E-state index contributed by atoms with van der Waals surface area (Å²) in [5.74, 6) is -0.0698. The van der Waals surface area contributed by atoms with Crippen LogP contribution in [0.3, 0.4) is 0 Å². The van der Waals surface area contributed by atoms with E-state index in [9.17, 15) is 18.0 Å². The van der Waals surface area contributed by atoms with Crippen molar-refractivity contribution in [1.29, 1.82) is 0 Å². The van der Waals surface area contributed by atoms with Gasteiger partial charge in [0.25, 0.3) is 5.91 Å². The first-order valence-corrected chi connectivity index (χ1v) is 10.0. The monoisotopic (exact) mass is 420 g/mol. The zero-order chi connectivity index (χ0) is 20.6. The van der Waals surface area contributed by atoms with Crippen LogP contribution in [0.4, 0.5) is 13.2 Å². The van der Waals surface area contributed by atoms with Gasteiger partial charge in [-0.25, -0.2) is 4.68 Å². The minimum Gasteiger partial charge on any atom is -0.336 e. The average Bonchev–Trinajstić information content (AvgIpc) is 3.37. The van der Waals surface area contributed by atoms with Gasteiger partial charge in [-0.3, -0.25) is 4.79 Å². The van der Waals surface area contributed by atoms with Gasteiger partial charge in [0.05, 0.1) is 16.3 Å². The van der Waals surface area contributed by atoms with Crippen LogP contribution in [0.2, 0.25) is 0 Å². The number of nitrogens with zero attached hydrogens (tertiary/aromatic N) is 4. The molecule has 0 bridgehead atoms. The molecule has 3 heterocycles. The fourth-order valence-corrected chi connectivity index (χ4v) is 3.98. The SMILES string of the molecule is CN1CCN(C(=O)c2ccc(-n3nc(C(F)(F)F)cc3-c3cccs3)cc2)CC1. The van der Waals surface area contributed by atoms with Gasteiger partial charge in [-0.1, -0.05) is 6.07 Å². The van der Waals surface area contributed by atoms with Crippen LogP contribution in [0.15, 0.2) is 47.8 Å². The minimum atomic E-state index is -4.53. The van der Waals surface area contributed by atoms with Gasteiger partial charge in [0.2, 0.25) is 0 Å². The number of halogens is 3. The molecular formula is C20H19F3N4OS. The number of hydrogen-bond donors (Lipinski definition) is 0. The summed E-state index contributed by atoms with van der Waals surface area (Å²) in [6, 6.07) is 11.1. The van der Waals surface area contributed by atoms with Crippen molar-refractivity contribution in [2.75, 3.05) is 33.2 Å². The number of amides is 1. The Labute approximate surface area is 170 Å². The van der Waals surface area contributed by atoms with Crippen LogP contribution in [0.25, 0.3) is 16.3 Å². The molecule has 0 saturated carbocycles. The Morgan fingerprint density at radius 3 is 2.34 bits per heavy atom. The molecular weight excluding hydrogens is 401 g/mol. The number of hydrogen-bond acceptors (Lipinski definition) is 4. The van der Waals surface area contributed by atoms with Gasteiger partial charge in [0.1, 0.15) is 0 Å². The molecule has 5 nitrogen and oxygen atoms in total. The fraction of sp³-hybridized carbons (Fsp3) is 0.300. The van der Waals surface area contributed by atoms with E-state index < -0.39 is 11.9 Å². The van der Waals surface area contributed by atoms with Crippen molar-refractivity contribution in [3.63, 3.8) is 0 Å². The highest BCUT2D eigenvalue weighted by atomic mass is 32.1. The Bertz CT molecular complexity index is 988. The van der Waals surface area contributed by atoms with Gasteiger partial charge in [0.15, 0.2) is 5.69 Å². The zero-order valence-electron chi connectivity index (χ0n) is 15.7. The third-order valence-electron chi connectivity index (χ3n) is 4.92. The van der Waals surface area contributed by atoms with Crippen molar-refractivity contribution in [2.45, 2.75) is 6.18 Å². The third kappa shape index (κ3) is 4.06. The number of aromatic nitrogens is 2. The van der Waals surface area contributed by atoms with E-state index in [4.69, 9.17) is 0 Å². The van der Waals surface area contributed by atoms with E-state index in [1.807, 2.05) is 7.05 Å². The molecule has 1 amide bonds. The summed E-state index contributed by atoms with van der Waals surface area (Å²) in [7, 11) is 2.01. The molecule has 29 heavy (non-hydrogen) atoms. The van der Waals surface area contributed by atoms with Crippen LogP contribution in [0.1, 0.15) is 16.1 Å². The normalized spacial score (nSPS) is 15.7. The number of piperazine rings is 1. The van der Waals surface area contributed by atoms with E-state index >= 15 is 0 Å². The number of rotatable bonds is 3. The topological polar surface area (TPSA) is 41.4 Å². The molecule has 0 radical (unpaired) electrons. The Hall–Kier alpha value is -2.65. The van der Waals surface area contributed by atoms with Crippen molar-refractivity contribution >= 4 is 17.2 Å². The molecule has 0 spiro atoms.